The number of ether oxygens (including phenoxy) is 1. The number of hydrogen-bond acceptors (Lipinski definition) is 7. The number of rotatable bonds is 8. The zero-order valence-corrected chi connectivity index (χ0v) is 18.9. The Bertz CT molecular complexity index is 1010. The number of para-hydroxylation sites is 2. The molecule has 4 rings (SSSR count). The van der Waals surface area contributed by atoms with E-state index in [1.165, 1.54) is 11.8 Å². The fourth-order valence-electron chi connectivity index (χ4n) is 3.61. The largest absolute Gasteiger partial charge is 0.495 e. The van der Waals surface area contributed by atoms with Gasteiger partial charge in [0.1, 0.15) is 10.8 Å². The zero-order chi connectivity index (χ0) is 22.2. The van der Waals surface area contributed by atoms with Crippen molar-refractivity contribution in [2.75, 3.05) is 48.8 Å². The summed E-state index contributed by atoms with van der Waals surface area (Å²) in [6.07, 6.45) is 0. The van der Waals surface area contributed by atoms with Gasteiger partial charge in [0.05, 0.1) is 18.6 Å². The first-order valence-electron chi connectivity index (χ1n) is 10.6. The van der Waals surface area contributed by atoms with Gasteiger partial charge in [-0.2, -0.15) is 0 Å². The molecule has 1 aromatic heterocycles. The lowest BCUT2D eigenvalue weighted by Crippen LogP contribution is -2.47. The van der Waals surface area contributed by atoms with E-state index in [2.05, 4.69) is 31.4 Å². The highest BCUT2D eigenvalue weighted by Gasteiger charge is 2.20. The molecule has 0 radical (unpaired) electrons. The van der Waals surface area contributed by atoms with E-state index >= 15 is 0 Å². The molecule has 32 heavy (non-hydrogen) atoms. The molecule has 1 amide bonds. The van der Waals surface area contributed by atoms with Gasteiger partial charge in [0.15, 0.2) is 5.82 Å². The van der Waals surface area contributed by atoms with Crippen molar-refractivity contribution in [1.29, 1.82) is 0 Å². The van der Waals surface area contributed by atoms with Gasteiger partial charge in [-0.15, -0.1) is 10.2 Å². The predicted octanol–water partition coefficient (Wildman–Crippen LogP) is 3.22. The lowest BCUT2D eigenvalue weighted by Gasteiger charge is -2.37. The number of aromatic nitrogens is 2. The van der Waals surface area contributed by atoms with Gasteiger partial charge in [-0.1, -0.05) is 54.2 Å². The summed E-state index contributed by atoms with van der Waals surface area (Å²) in [7, 11) is 1.71. The molecule has 0 aliphatic carbocycles. The van der Waals surface area contributed by atoms with Crippen molar-refractivity contribution in [3.05, 3.63) is 72.3 Å². The Morgan fingerprint density at radius 2 is 1.66 bits per heavy atom. The molecule has 0 unspecified atom stereocenters. The van der Waals surface area contributed by atoms with E-state index in [-0.39, 0.29) is 5.91 Å². The second-order valence-electron chi connectivity index (χ2n) is 7.43. The minimum Gasteiger partial charge on any atom is -0.495 e. The summed E-state index contributed by atoms with van der Waals surface area (Å²) in [6.45, 7) is 4.04. The number of nitrogens with zero attached hydrogens (tertiary/aromatic N) is 4. The Hall–Kier alpha value is -3.26. The van der Waals surface area contributed by atoms with Gasteiger partial charge in [0, 0.05) is 32.7 Å². The summed E-state index contributed by atoms with van der Waals surface area (Å²) in [4.78, 5) is 16.7. The molecule has 0 atom stereocenters. The van der Waals surface area contributed by atoms with Crippen LogP contribution in [0.5, 0.6) is 5.75 Å². The SMILES string of the molecule is COc1ccccc1N1CCN(c2ccc(SCC(=O)NCc3ccccc3)nn2)CC1. The Morgan fingerprint density at radius 1 is 0.938 bits per heavy atom. The number of anilines is 2. The molecule has 1 aliphatic heterocycles. The molecule has 1 saturated heterocycles. The van der Waals surface area contributed by atoms with E-state index in [1.54, 1.807) is 7.11 Å². The maximum atomic E-state index is 12.1. The fourth-order valence-corrected chi connectivity index (χ4v) is 4.26. The number of hydrogen-bond donors (Lipinski definition) is 1. The molecule has 166 valence electrons. The van der Waals surface area contributed by atoms with Crippen molar-refractivity contribution in [3.63, 3.8) is 0 Å². The van der Waals surface area contributed by atoms with Crippen molar-refractivity contribution in [2.45, 2.75) is 11.6 Å². The molecule has 1 fully saturated rings. The third-order valence-corrected chi connectivity index (χ3v) is 6.26. The van der Waals surface area contributed by atoms with Crippen LogP contribution in [0.4, 0.5) is 11.5 Å². The molecule has 1 N–H and O–H groups in total. The molecule has 3 aromatic rings. The minimum atomic E-state index is -0.0165. The third-order valence-electron chi connectivity index (χ3n) is 5.34. The number of piperazine rings is 1. The number of carbonyl (C=O) groups excluding carboxylic acids is 1. The highest BCUT2D eigenvalue weighted by Crippen LogP contribution is 2.29. The highest BCUT2D eigenvalue weighted by atomic mass is 32.2. The van der Waals surface area contributed by atoms with Crippen LogP contribution in [0.1, 0.15) is 5.56 Å². The first kappa shape index (κ1) is 22.0. The normalized spacial score (nSPS) is 13.7. The van der Waals surface area contributed by atoms with E-state index in [4.69, 9.17) is 4.74 Å². The van der Waals surface area contributed by atoms with Gasteiger partial charge in [0.25, 0.3) is 0 Å². The Balaban J connectivity index is 1.24. The van der Waals surface area contributed by atoms with E-state index in [0.29, 0.717) is 12.3 Å². The Morgan fingerprint density at radius 3 is 2.38 bits per heavy atom. The van der Waals surface area contributed by atoms with Gasteiger partial charge in [0.2, 0.25) is 5.91 Å². The number of amides is 1. The fraction of sp³-hybridized carbons (Fsp3) is 0.292. The quantitative estimate of drug-likeness (QED) is 0.530. The summed E-state index contributed by atoms with van der Waals surface area (Å²) < 4.78 is 5.49. The lowest BCUT2D eigenvalue weighted by molar-refractivity contribution is -0.118. The van der Waals surface area contributed by atoms with Crippen molar-refractivity contribution in [3.8, 4) is 5.75 Å². The van der Waals surface area contributed by atoms with Crippen molar-refractivity contribution >= 4 is 29.2 Å². The summed E-state index contributed by atoms with van der Waals surface area (Å²) in [5, 5.41) is 12.4. The molecule has 0 saturated carbocycles. The molecule has 2 heterocycles. The van der Waals surface area contributed by atoms with Crippen LogP contribution in [0.15, 0.2) is 71.8 Å². The standard InChI is InChI=1S/C24H27N5O2S/c1-31-21-10-6-5-9-20(21)28-13-15-29(16-14-28)22-11-12-24(27-26-22)32-18-23(30)25-17-19-7-3-2-4-8-19/h2-12H,13-18H2,1H3,(H,25,30). The maximum Gasteiger partial charge on any atom is 0.230 e. The average molecular weight is 450 g/mol. The number of nitrogens with one attached hydrogen (secondary N) is 1. The number of carbonyl (C=O) groups is 1. The number of methoxy groups -OCH3 is 1. The van der Waals surface area contributed by atoms with Gasteiger partial charge >= 0.3 is 0 Å². The molecular formula is C24H27N5O2S. The van der Waals surface area contributed by atoms with E-state index < -0.39 is 0 Å². The van der Waals surface area contributed by atoms with Crippen LogP contribution in [0.2, 0.25) is 0 Å². The zero-order valence-electron chi connectivity index (χ0n) is 18.1. The minimum absolute atomic E-state index is 0.0165. The van der Waals surface area contributed by atoms with Crippen molar-refractivity contribution < 1.29 is 9.53 Å². The van der Waals surface area contributed by atoms with Crippen molar-refractivity contribution in [2.24, 2.45) is 0 Å². The third kappa shape index (κ3) is 5.70. The first-order chi connectivity index (χ1) is 15.7. The highest BCUT2D eigenvalue weighted by molar-refractivity contribution is 7.99. The van der Waals surface area contributed by atoms with Crippen LogP contribution in [-0.2, 0) is 11.3 Å². The van der Waals surface area contributed by atoms with Crippen LogP contribution in [0.3, 0.4) is 0 Å². The Labute approximate surface area is 192 Å². The van der Waals surface area contributed by atoms with Gasteiger partial charge in [-0.3, -0.25) is 4.79 Å². The lowest BCUT2D eigenvalue weighted by atomic mass is 10.2. The maximum absolute atomic E-state index is 12.1. The van der Waals surface area contributed by atoms with Crippen LogP contribution in [0, 0.1) is 0 Å². The second-order valence-corrected chi connectivity index (χ2v) is 8.42. The number of benzene rings is 2. The summed E-state index contributed by atoms with van der Waals surface area (Å²) in [6, 6.07) is 21.9. The first-order valence-corrected chi connectivity index (χ1v) is 11.6. The topological polar surface area (TPSA) is 70.6 Å². The van der Waals surface area contributed by atoms with Gasteiger partial charge in [-0.05, 0) is 29.8 Å². The Kier molecular flexibility index (Phi) is 7.45. The molecule has 2 aromatic carbocycles. The summed E-state index contributed by atoms with van der Waals surface area (Å²) in [5.41, 5.74) is 2.21. The number of thioether (sulfide) groups is 1. The summed E-state index contributed by atoms with van der Waals surface area (Å²) >= 11 is 1.39. The molecule has 8 heteroatoms. The second kappa shape index (κ2) is 10.9. The smallest absolute Gasteiger partial charge is 0.230 e. The molecule has 0 bridgehead atoms. The van der Waals surface area contributed by atoms with Crippen LogP contribution in [-0.4, -0.2) is 55.1 Å². The molecule has 0 spiro atoms. The molecule has 1 aliphatic rings. The van der Waals surface area contributed by atoms with E-state index in [0.717, 1.165) is 54.0 Å². The molecular weight excluding hydrogens is 422 g/mol. The van der Waals surface area contributed by atoms with Gasteiger partial charge < -0.3 is 19.9 Å². The van der Waals surface area contributed by atoms with Crippen molar-refractivity contribution in [1.82, 2.24) is 15.5 Å². The summed E-state index contributed by atoms with van der Waals surface area (Å²) in [5.74, 6) is 2.06. The van der Waals surface area contributed by atoms with Gasteiger partial charge in [-0.25, -0.2) is 0 Å². The van der Waals surface area contributed by atoms with E-state index in [9.17, 15) is 4.79 Å². The average Bonchev–Trinajstić information content (AvgIpc) is 2.87. The molecule has 7 nitrogen and oxygen atoms in total. The monoisotopic (exact) mass is 449 g/mol. The van der Waals surface area contributed by atoms with Crippen LogP contribution >= 0.6 is 11.8 Å². The van der Waals surface area contributed by atoms with E-state index in [1.807, 2.05) is 60.7 Å². The van der Waals surface area contributed by atoms with Crippen LogP contribution in [0.25, 0.3) is 0 Å². The predicted molar refractivity (Wildman–Crippen MR) is 128 cm³/mol. The van der Waals surface area contributed by atoms with Crippen LogP contribution < -0.4 is 19.9 Å².